The highest BCUT2D eigenvalue weighted by Gasteiger charge is 2.22. The number of hydrogen-bond donors (Lipinski definition) is 2. The molecule has 4 nitrogen and oxygen atoms in total. The van der Waals surface area contributed by atoms with Gasteiger partial charge in [-0.2, -0.15) is 8.42 Å². The zero-order valence-corrected chi connectivity index (χ0v) is 12.2. The highest BCUT2D eigenvalue weighted by atomic mass is 32.2. The molecule has 0 heterocycles. The molecule has 0 unspecified atom stereocenters. The largest absolute Gasteiger partial charge is 0.344 e. The molecule has 102 valence electrons. The minimum absolute atomic E-state index is 0. The number of rotatable bonds is 3. The van der Waals surface area contributed by atoms with E-state index < -0.39 is 10.1 Å². The summed E-state index contributed by atoms with van der Waals surface area (Å²) in [6.07, 6.45) is 2.33. The van der Waals surface area contributed by atoms with Crippen LogP contribution in [0.25, 0.3) is 0 Å². The van der Waals surface area contributed by atoms with Crippen LogP contribution in [0.4, 0.5) is 0 Å². The first-order valence-corrected chi connectivity index (χ1v) is 6.83. The van der Waals surface area contributed by atoms with E-state index >= 15 is 0 Å². The average Bonchev–Trinajstić information content (AvgIpc) is 2.19. The van der Waals surface area contributed by atoms with Crippen molar-refractivity contribution >= 4 is 10.1 Å². The lowest BCUT2D eigenvalue weighted by atomic mass is 9.92. The van der Waals surface area contributed by atoms with Gasteiger partial charge in [0.15, 0.2) is 0 Å². The molecule has 0 aliphatic heterocycles. The van der Waals surface area contributed by atoms with Gasteiger partial charge in [-0.25, -0.2) is 0 Å². The van der Waals surface area contributed by atoms with E-state index in [4.69, 9.17) is 0 Å². The summed E-state index contributed by atoms with van der Waals surface area (Å²) < 4.78 is 32.2. The van der Waals surface area contributed by atoms with Crippen LogP contribution in [0, 0.1) is 27.7 Å². The maximum atomic E-state index is 11.4. The standard InChI is InChI=1S/C13H18O3S.H3N/c1-6-7-12-9(3)8(2)10(4)13(11(12)5)17(14,15)16;/h6H,1,7H2,2-5H3,(H,14,15,16);1H3. The molecule has 1 aromatic rings. The van der Waals surface area contributed by atoms with Crippen molar-refractivity contribution in [2.75, 3.05) is 0 Å². The number of benzene rings is 1. The summed E-state index contributed by atoms with van der Waals surface area (Å²) in [7, 11) is -4.18. The van der Waals surface area contributed by atoms with Gasteiger partial charge in [0.2, 0.25) is 0 Å². The lowest BCUT2D eigenvalue weighted by Crippen LogP contribution is -2.10. The molecule has 0 amide bonds. The van der Waals surface area contributed by atoms with Crippen molar-refractivity contribution in [3.8, 4) is 0 Å². The van der Waals surface area contributed by atoms with Gasteiger partial charge in [-0.05, 0) is 61.9 Å². The molecule has 0 bridgehead atoms. The summed E-state index contributed by atoms with van der Waals surface area (Å²) in [5, 5.41) is 0. The second kappa shape index (κ2) is 5.65. The van der Waals surface area contributed by atoms with Crippen LogP contribution in [-0.4, -0.2) is 13.0 Å². The van der Waals surface area contributed by atoms with E-state index in [-0.39, 0.29) is 11.0 Å². The zero-order valence-electron chi connectivity index (χ0n) is 11.4. The average molecular weight is 271 g/mol. The van der Waals surface area contributed by atoms with E-state index in [1.165, 1.54) is 0 Å². The lowest BCUT2D eigenvalue weighted by Gasteiger charge is -2.18. The molecule has 18 heavy (non-hydrogen) atoms. The first kappa shape index (κ1) is 16.8. The van der Waals surface area contributed by atoms with Crippen LogP contribution in [0.1, 0.15) is 27.8 Å². The molecule has 0 atom stereocenters. The quantitative estimate of drug-likeness (QED) is 0.653. The summed E-state index contributed by atoms with van der Waals surface area (Å²) in [6.45, 7) is 10.9. The molecule has 0 fully saturated rings. The van der Waals surface area contributed by atoms with E-state index in [2.05, 4.69) is 6.58 Å². The summed E-state index contributed by atoms with van der Waals surface area (Å²) in [5.74, 6) is 0. The van der Waals surface area contributed by atoms with Crippen molar-refractivity contribution in [1.82, 2.24) is 6.15 Å². The summed E-state index contributed by atoms with van der Waals surface area (Å²) in [5.41, 5.74) is 4.13. The molecule has 0 radical (unpaired) electrons. The van der Waals surface area contributed by atoms with Crippen molar-refractivity contribution in [2.24, 2.45) is 0 Å². The van der Waals surface area contributed by atoms with Gasteiger partial charge in [-0.15, -0.1) is 6.58 Å². The Morgan fingerprint density at radius 1 is 1.06 bits per heavy atom. The Bertz CT molecular complexity index is 575. The predicted octanol–water partition coefficient (Wildman–Crippen LogP) is 3.06. The monoisotopic (exact) mass is 271 g/mol. The molecule has 4 N–H and O–H groups in total. The summed E-state index contributed by atoms with van der Waals surface area (Å²) in [6, 6.07) is 0. The molecule has 1 rings (SSSR count). The molecule has 5 heteroatoms. The molecule has 0 aromatic heterocycles. The number of allylic oxidation sites excluding steroid dienone is 1. The molecule has 0 saturated heterocycles. The zero-order chi connectivity index (χ0) is 13.4. The minimum Gasteiger partial charge on any atom is -0.344 e. The SMILES string of the molecule is C=CCc1c(C)c(C)c(C)c(S(=O)(=O)O)c1C.N. The minimum atomic E-state index is -4.18. The Hall–Kier alpha value is -1.17. The van der Waals surface area contributed by atoms with Gasteiger partial charge in [0.05, 0.1) is 0 Å². The molecule has 0 aliphatic carbocycles. The van der Waals surface area contributed by atoms with Crippen LogP contribution in [0.5, 0.6) is 0 Å². The van der Waals surface area contributed by atoms with Gasteiger partial charge < -0.3 is 6.15 Å². The number of hydrogen-bond acceptors (Lipinski definition) is 3. The third-order valence-corrected chi connectivity index (χ3v) is 4.45. The Kier molecular flexibility index (Phi) is 5.28. The van der Waals surface area contributed by atoms with Crippen LogP contribution < -0.4 is 6.15 Å². The van der Waals surface area contributed by atoms with E-state index in [0.717, 1.165) is 16.7 Å². The Labute approximate surface area is 109 Å². The molecule has 0 spiro atoms. The fraction of sp³-hybridized carbons (Fsp3) is 0.385. The van der Waals surface area contributed by atoms with E-state index in [1.54, 1.807) is 19.9 Å². The van der Waals surface area contributed by atoms with E-state index in [0.29, 0.717) is 17.5 Å². The van der Waals surface area contributed by atoms with Crippen LogP contribution in [-0.2, 0) is 16.5 Å². The first-order valence-electron chi connectivity index (χ1n) is 5.39. The third-order valence-electron chi connectivity index (χ3n) is 3.32. The van der Waals surface area contributed by atoms with Crippen molar-refractivity contribution in [2.45, 2.75) is 39.0 Å². The molecule has 0 saturated carbocycles. The topological polar surface area (TPSA) is 89.4 Å². The van der Waals surface area contributed by atoms with Gasteiger partial charge in [-0.1, -0.05) is 6.08 Å². The van der Waals surface area contributed by atoms with E-state index in [1.807, 2.05) is 13.8 Å². The lowest BCUT2D eigenvalue weighted by molar-refractivity contribution is 0.481. The van der Waals surface area contributed by atoms with E-state index in [9.17, 15) is 13.0 Å². The second-order valence-electron chi connectivity index (χ2n) is 4.28. The highest BCUT2D eigenvalue weighted by molar-refractivity contribution is 7.86. The Morgan fingerprint density at radius 2 is 1.56 bits per heavy atom. The van der Waals surface area contributed by atoms with Gasteiger partial charge in [0.25, 0.3) is 10.1 Å². The van der Waals surface area contributed by atoms with Crippen LogP contribution in [0.2, 0.25) is 0 Å². The maximum absolute atomic E-state index is 11.4. The van der Waals surface area contributed by atoms with Crippen LogP contribution in [0.15, 0.2) is 17.6 Å². The fourth-order valence-electron chi connectivity index (χ4n) is 2.21. The smallest absolute Gasteiger partial charge is 0.295 e. The second-order valence-corrected chi connectivity index (χ2v) is 5.63. The van der Waals surface area contributed by atoms with Gasteiger partial charge in [0, 0.05) is 0 Å². The predicted molar refractivity (Wildman–Crippen MR) is 74.1 cm³/mol. The first-order chi connectivity index (χ1) is 7.71. The maximum Gasteiger partial charge on any atom is 0.295 e. The Morgan fingerprint density at radius 3 is 1.94 bits per heavy atom. The van der Waals surface area contributed by atoms with Crippen molar-refractivity contribution in [1.29, 1.82) is 0 Å². The van der Waals surface area contributed by atoms with Gasteiger partial charge in [-0.3, -0.25) is 4.55 Å². The van der Waals surface area contributed by atoms with Crippen molar-refractivity contribution in [3.05, 3.63) is 40.5 Å². The fourth-order valence-corrected chi connectivity index (χ4v) is 3.27. The highest BCUT2D eigenvalue weighted by Crippen LogP contribution is 2.30. The van der Waals surface area contributed by atoms with Crippen molar-refractivity contribution in [3.63, 3.8) is 0 Å². The summed E-state index contributed by atoms with van der Waals surface area (Å²) in [4.78, 5) is 0.0393. The van der Waals surface area contributed by atoms with Gasteiger partial charge in [0.1, 0.15) is 4.90 Å². The molecule has 0 aliphatic rings. The van der Waals surface area contributed by atoms with Crippen molar-refractivity contribution < 1.29 is 13.0 Å². The normalized spacial score (nSPS) is 10.9. The Balaban J connectivity index is 0.00000289. The van der Waals surface area contributed by atoms with Crippen LogP contribution in [0.3, 0.4) is 0 Å². The molecular formula is C13H21NO3S. The third kappa shape index (κ3) is 2.80. The van der Waals surface area contributed by atoms with Gasteiger partial charge >= 0.3 is 0 Å². The molecule has 1 aromatic carbocycles. The summed E-state index contributed by atoms with van der Waals surface area (Å²) >= 11 is 0. The van der Waals surface area contributed by atoms with Crippen LogP contribution >= 0.6 is 0 Å². The molecular weight excluding hydrogens is 250 g/mol.